The Bertz CT molecular complexity index is 619. The highest BCUT2D eigenvalue weighted by molar-refractivity contribution is 6.32. The van der Waals surface area contributed by atoms with Crippen LogP contribution in [0.3, 0.4) is 0 Å². The number of benzene rings is 1. The van der Waals surface area contributed by atoms with E-state index in [1.54, 1.807) is 38.3 Å². The Balaban J connectivity index is 2.88. The molecule has 0 radical (unpaired) electrons. The van der Waals surface area contributed by atoms with E-state index in [1.807, 2.05) is 0 Å². The summed E-state index contributed by atoms with van der Waals surface area (Å²) in [5.41, 5.74) is 0. The number of nitrogens with one attached hydrogen (secondary N) is 1. The smallest absolute Gasteiger partial charge is 0.334 e. The van der Waals surface area contributed by atoms with Crippen molar-refractivity contribution < 1.29 is 28.5 Å². The van der Waals surface area contributed by atoms with E-state index in [9.17, 15) is 9.59 Å². The maximum Gasteiger partial charge on any atom is 0.334 e. The molecule has 0 aromatic heterocycles. The minimum atomic E-state index is -0.611. The van der Waals surface area contributed by atoms with Crippen LogP contribution in [0.2, 0.25) is 5.02 Å². The van der Waals surface area contributed by atoms with Gasteiger partial charge >= 0.3 is 11.9 Å². The second-order valence-electron chi connectivity index (χ2n) is 5.13. The number of para-hydroxylation sites is 1. The first kappa shape index (κ1) is 22.0. The molecule has 0 bridgehead atoms. The van der Waals surface area contributed by atoms with Gasteiger partial charge < -0.3 is 18.9 Å². The van der Waals surface area contributed by atoms with Gasteiger partial charge in [-0.05, 0) is 25.5 Å². The zero-order valence-electron chi connectivity index (χ0n) is 15.1. The summed E-state index contributed by atoms with van der Waals surface area (Å²) < 4.78 is 20.4. The average molecular weight is 386 g/mol. The number of carbonyl (C=O) groups is 2. The lowest BCUT2D eigenvalue weighted by molar-refractivity contribution is -0.143. The Kier molecular flexibility index (Phi) is 10.4. The molecule has 1 aromatic carbocycles. The van der Waals surface area contributed by atoms with Gasteiger partial charge in [0.15, 0.2) is 0 Å². The van der Waals surface area contributed by atoms with Crippen LogP contribution in [0.4, 0.5) is 0 Å². The molecule has 1 N–H and O–H groups in total. The van der Waals surface area contributed by atoms with Crippen molar-refractivity contribution in [3.8, 4) is 5.75 Å². The summed E-state index contributed by atoms with van der Waals surface area (Å²) in [7, 11) is 2.85. The summed E-state index contributed by atoms with van der Waals surface area (Å²) in [5.74, 6) is -0.348. The molecule has 26 heavy (non-hydrogen) atoms. The van der Waals surface area contributed by atoms with Crippen LogP contribution in [0.25, 0.3) is 0 Å². The first-order valence-electron chi connectivity index (χ1n) is 8.11. The van der Waals surface area contributed by atoms with Crippen molar-refractivity contribution in [1.82, 2.24) is 5.32 Å². The van der Waals surface area contributed by atoms with Crippen molar-refractivity contribution in [3.05, 3.63) is 41.1 Å². The first-order chi connectivity index (χ1) is 12.5. The highest BCUT2D eigenvalue weighted by Gasteiger charge is 2.19. The van der Waals surface area contributed by atoms with Gasteiger partial charge in [-0.2, -0.15) is 0 Å². The van der Waals surface area contributed by atoms with Gasteiger partial charge in [0.05, 0.1) is 31.4 Å². The third-order valence-corrected chi connectivity index (χ3v) is 3.57. The number of methoxy groups -OCH3 is 2. The van der Waals surface area contributed by atoms with Crippen LogP contribution in [-0.4, -0.2) is 52.0 Å². The van der Waals surface area contributed by atoms with Gasteiger partial charge in [0, 0.05) is 13.7 Å². The molecule has 0 saturated heterocycles. The van der Waals surface area contributed by atoms with Gasteiger partial charge in [-0.3, -0.25) is 10.1 Å². The van der Waals surface area contributed by atoms with Gasteiger partial charge in [-0.1, -0.05) is 23.7 Å². The fourth-order valence-electron chi connectivity index (χ4n) is 2.01. The molecule has 1 aromatic rings. The van der Waals surface area contributed by atoms with Crippen LogP contribution in [-0.2, 0) is 23.8 Å². The van der Waals surface area contributed by atoms with E-state index < -0.39 is 18.0 Å². The monoisotopic (exact) mass is 385 g/mol. The molecule has 0 aliphatic heterocycles. The van der Waals surface area contributed by atoms with E-state index >= 15 is 0 Å². The number of hydrogen-bond donors (Lipinski definition) is 1. The Morgan fingerprint density at radius 3 is 2.62 bits per heavy atom. The van der Waals surface area contributed by atoms with Crippen molar-refractivity contribution in [3.63, 3.8) is 0 Å². The molecular weight excluding hydrogens is 362 g/mol. The molecule has 0 aliphatic rings. The predicted octanol–water partition coefficient (Wildman–Crippen LogP) is 2.33. The molecule has 8 heteroatoms. The lowest BCUT2D eigenvalue weighted by Gasteiger charge is -2.18. The molecule has 144 valence electrons. The summed E-state index contributed by atoms with van der Waals surface area (Å²) >= 11 is 6.09. The SMILES string of the molecule is CCOC(=O)/C=C(/CN[C@@H](CCOC)C(=O)OC)Oc1ccccc1Cl. The van der Waals surface area contributed by atoms with E-state index in [0.717, 1.165) is 0 Å². The molecule has 0 saturated carbocycles. The Hall–Kier alpha value is -2.09. The molecule has 0 fully saturated rings. The average Bonchev–Trinajstić information content (AvgIpc) is 2.63. The lowest BCUT2D eigenvalue weighted by Crippen LogP contribution is -2.40. The molecule has 0 amide bonds. The van der Waals surface area contributed by atoms with Gasteiger partial charge in [-0.15, -0.1) is 0 Å². The largest absolute Gasteiger partial charge is 0.468 e. The van der Waals surface area contributed by atoms with Crippen molar-refractivity contribution in [2.24, 2.45) is 0 Å². The minimum absolute atomic E-state index is 0.0908. The van der Waals surface area contributed by atoms with Crippen molar-refractivity contribution >= 4 is 23.5 Å². The molecule has 0 heterocycles. The number of carbonyl (C=O) groups excluding carboxylic acids is 2. The van der Waals surface area contributed by atoms with Crippen LogP contribution in [0.5, 0.6) is 5.75 Å². The molecule has 0 spiro atoms. The summed E-state index contributed by atoms with van der Waals surface area (Å²) in [6.45, 7) is 2.40. The first-order valence-corrected chi connectivity index (χ1v) is 8.49. The zero-order valence-corrected chi connectivity index (χ0v) is 15.9. The maximum atomic E-state index is 11.9. The number of hydrogen-bond acceptors (Lipinski definition) is 7. The topological polar surface area (TPSA) is 83.1 Å². The lowest BCUT2D eigenvalue weighted by atomic mass is 10.2. The summed E-state index contributed by atoms with van der Waals surface area (Å²) in [5, 5.41) is 3.39. The van der Waals surface area contributed by atoms with Gasteiger partial charge in [-0.25, -0.2) is 4.79 Å². The van der Waals surface area contributed by atoms with Gasteiger partial charge in [0.1, 0.15) is 17.6 Å². The zero-order chi connectivity index (χ0) is 19.4. The number of ether oxygens (including phenoxy) is 4. The van der Waals surface area contributed by atoms with Gasteiger partial charge in [0.25, 0.3) is 0 Å². The summed E-state index contributed by atoms with van der Waals surface area (Å²) in [6.07, 6.45) is 1.62. The number of rotatable bonds is 11. The molecule has 1 rings (SSSR count). The Morgan fingerprint density at radius 2 is 2.00 bits per heavy atom. The second-order valence-corrected chi connectivity index (χ2v) is 5.54. The number of halogens is 1. The second kappa shape index (κ2) is 12.3. The fraction of sp³-hybridized carbons (Fsp3) is 0.444. The normalized spacial score (nSPS) is 12.4. The third kappa shape index (κ3) is 7.86. The van der Waals surface area contributed by atoms with Crippen molar-refractivity contribution in [1.29, 1.82) is 0 Å². The van der Waals surface area contributed by atoms with E-state index in [1.165, 1.54) is 13.2 Å². The maximum absolute atomic E-state index is 11.9. The van der Waals surface area contributed by atoms with Crippen molar-refractivity contribution in [2.45, 2.75) is 19.4 Å². The highest BCUT2D eigenvalue weighted by Crippen LogP contribution is 2.25. The van der Waals surface area contributed by atoms with Crippen LogP contribution < -0.4 is 10.1 Å². The summed E-state index contributed by atoms with van der Waals surface area (Å²) in [4.78, 5) is 23.6. The van der Waals surface area contributed by atoms with Crippen molar-refractivity contribution in [2.75, 3.05) is 34.0 Å². The standard InChI is InChI=1S/C18H24ClNO6/c1-4-25-17(21)11-13(26-16-8-6-5-7-14(16)19)12-20-15(9-10-23-2)18(22)24-3/h5-8,11,15,20H,4,9-10,12H2,1-3H3/b13-11-/t15-/m0/s1. The van der Waals surface area contributed by atoms with Crippen LogP contribution >= 0.6 is 11.6 Å². The predicted molar refractivity (Wildman–Crippen MR) is 97.1 cm³/mol. The highest BCUT2D eigenvalue weighted by atomic mass is 35.5. The Labute approximate surface area is 158 Å². The molecule has 1 atom stereocenters. The van der Waals surface area contributed by atoms with E-state index in [0.29, 0.717) is 23.8 Å². The molecule has 0 unspecified atom stereocenters. The minimum Gasteiger partial charge on any atom is -0.468 e. The molecule has 7 nitrogen and oxygen atoms in total. The van der Waals surface area contributed by atoms with Gasteiger partial charge in [0.2, 0.25) is 0 Å². The van der Waals surface area contributed by atoms with E-state index in [2.05, 4.69) is 5.32 Å². The number of esters is 2. The molecular formula is C18H24ClNO6. The van der Waals surface area contributed by atoms with E-state index in [-0.39, 0.29) is 18.9 Å². The van der Waals surface area contributed by atoms with Crippen LogP contribution in [0, 0.1) is 0 Å². The van der Waals surface area contributed by atoms with E-state index in [4.69, 9.17) is 30.5 Å². The molecule has 0 aliphatic carbocycles. The Morgan fingerprint density at radius 1 is 1.27 bits per heavy atom. The third-order valence-electron chi connectivity index (χ3n) is 3.26. The van der Waals surface area contributed by atoms with Crippen LogP contribution in [0.1, 0.15) is 13.3 Å². The quantitative estimate of drug-likeness (QED) is 0.355. The fourth-order valence-corrected chi connectivity index (χ4v) is 2.18. The summed E-state index contributed by atoms with van der Waals surface area (Å²) in [6, 6.07) is 6.25. The van der Waals surface area contributed by atoms with Crippen LogP contribution in [0.15, 0.2) is 36.1 Å².